The first kappa shape index (κ1) is 8.80. The van der Waals surface area contributed by atoms with Crippen LogP contribution in [-0.4, -0.2) is 21.4 Å². The monoisotopic (exact) mass is 166 g/mol. The van der Waals surface area contributed by atoms with Crippen molar-refractivity contribution in [3.8, 4) is 0 Å². The number of aldehydes is 1. The highest BCUT2D eigenvalue weighted by Gasteiger charge is 2.06. The third-order valence-corrected chi connectivity index (χ3v) is 1.67. The highest BCUT2D eigenvalue weighted by molar-refractivity contribution is 5.73. The number of aryl methyl sites for hydroxylation is 2. The van der Waals surface area contributed by atoms with Gasteiger partial charge in [-0.15, -0.1) is 0 Å². The van der Waals surface area contributed by atoms with E-state index in [9.17, 15) is 4.79 Å². The molecule has 0 bridgehead atoms. The maximum atomic E-state index is 10.4. The summed E-state index contributed by atoms with van der Waals surface area (Å²) in [6, 6.07) is 0. The summed E-state index contributed by atoms with van der Waals surface area (Å²) in [5.74, 6) is 0. The molecule has 0 unspecified atom stereocenters. The number of hydrogen-bond donors (Lipinski definition) is 1. The SMILES string of the molecule is Cc1nc(C=O)c(CO)nc1C. The zero-order valence-corrected chi connectivity index (χ0v) is 7.03. The molecule has 64 valence electrons. The van der Waals surface area contributed by atoms with Gasteiger partial charge in [0, 0.05) is 0 Å². The van der Waals surface area contributed by atoms with Gasteiger partial charge >= 0.3 is 0 Å². The van der Waals surface area contributed by atoms with Crippen molar-refractivity contribution in [3.05, 3.63) is 22.8 Å². The van der Waals surface area contributed by atoms with E-state index in [2.05, 4.69) is 9.97 Å². The Morgan fingerprint density at radius 2 is 1.92 bits per heavy atom. The number of carbonyl (C=O) groups excluding carboxylic acids is 1. The zero-order chi connectivity index (χ0) is 9.14. The second kappa shape index (κ2) is 3.40. The van der Waals surface area contributed by atoms with Crippen LogP contribution in [0.15, 0.2) is 0 Å². The first-order valence-electron chi connectivity index (χ1n) is 3.59. The number of hydrogen-bond acceptors (Lipinski definition) is 4. The average Bonchev–Trinajstić information content (AvgIpc) is 2.09. The minimum Gasteiger partial charge on any atom is -0.390 e. The van der Waals surface area contributed by atoms with Gasteiger partial charge in [-0.05, 0) is 13.8 Å². The summed E-state index contributed by atoms with van der Waals surface area (Å²) in [7, 11) is 0. The number of aliphatic hydroxyl groups is 1. The van der Waals surface area contributed by atoms with E-state index in [0.717, 1.165) is 5.69 Å². The van der Waals surface area contributed by atoms with Gasteiger partial charge in [0.15, 0.2) is 6.29 Å². The van der Waals surface area contributed by atoms with Crippen LogP contribution in [-0.2, 0) is 6.61 Å². The van der Waals surface area contributed by atoms with E-state index in [-0.39, 0.29) is 12.3 Å². The second-order valence-corrected chi connectivity index (χ2v) is 2.50. The van der Waals surface area contributed by atoms with E-state index < -0.39 is 0 Å². The number of aromatic nitrogens is 2. The summed E-state index contributed by atoms with van der Waals surface area (Å²) < 4.78 is 0. The van der Waals surface area contributed by atoms with Crippen molar-refractivity contribution < 1.29 is 9.90 Å². The van der Waals surface area contributed by atoms with Crippen molar-refractivity contribution >= 4 is 6.29 Å². The van der Waals surface area contributed by atoms with E-state index in [1.165, 1.54) is 0 Å². The molecule has 0 spiro atoms. The number of nitrogens with zero attached hydrogens (tertiary/aromatic N) is 2. The molecule has 0 radical (unpaired) electrons. The summed E-state index contributed by atoms with van der Waals surface area (Å²) >= 11 is 0. The Labute approximate surface area is 70.3 Å². The molecule has 0 amide bonds. The van der Waals surface area contributed by atoms with Crippen molar-refractivity contribution in [2.75, 3.05) is 0 Å². The van der Waals surface area contributed by atoms with E-state index >= 15 is 0 Å². The van der Waals surface area contributed by atoms with E-state index in [1.807, 2.05) is 0 Å². The molecule has 4 heteroatoms. The molecule has 0 aliphatic rings. The minimum atomic E-state index is -0.248. The largest absolute Gasteiger partial charge is 0.390 e. The van der Waals surface area contributed by atoms with Gasteiger partial charge in [-0.1, -0.05) is 0 Å². The quantitative estimate of drug-likeness (QED) is 0.646. The molecule has 0 fully saturated rings. The molecule has 1 heterocycles. The number of aliphatic hydroxyl groups excluding tert-OH is 1. The smallest absolute Gasteiger partial charge is 0.170 e. The molecular formula is C8H10N2O2. The lowest BCUT2D eigenvalue weighted by molar-refractivity contribution is 0.111. The summed E-state index contributed by atoms with van der Waals surface area (Å²) in [6.07, 6.45) is 0.602. The van der Waals surface area contributed by atoms with Gasteiger partial charge in [-0.2, -0.15) is 0 Å². The van der Waals surface area contributed by atoms with Gasteiger partial charge in [0.2, 0.25) is 0 Å². The van der Waals surface area contributed by atoms with Crippen molar-refractivity contribution in [1.29, 1.82) is 0 Å². The van der Waals surface area contributed by atoms with Crippen LogP contribution in [0.25, 0.3) is 0 Å². The van der Waals surface area contributed by atoms with E-state index in [1.54, 1.807) is 13.8 Å². The molecule has 0 aliphatic heterocycles. The lowest BCUT2D eigenvalue weighted by atomic mass is 10.2. The molecule has 0 atom stereocenters. The molecular weight excluding hydrogens is 156 g/mol. The van der Waals surface area contributed by atoms with Crippen molar-refractivity contribution in [3.63, 3.8) is 0 Å². The maximum Gasteiger partial charge on any atom is 0.170 e. The molecule has 0 saturated carbocycles. The lowest BCUT2D eigenvalue weighted by Gasteiger charge is -2.03. The predicted molar refractivity (Wildman–Crippen MR) is 42.8 cm³/mol. The average molecular weight is 166 g/mol. The van der Waals surface area contributed by atoms with Crippen LogP contribution in [0.4, 0.5) is 0 Å². The predicted octanol–water partition coefficient (Wildman–Crippen LogP) is 0.398. The highest BCUT2D eigenvalue weighted by atomic mass is 16.3. The third-order valence-electron chi connectivity index (χ3n) is 1.67. The van der Waals surface area contributed by atoms with E-state index in [0.29, 0.717) is 17.7 Å². The van der Waals surface area contributed by atoms with Gasteiger partial charge < -0.3 is 5.11 Å². The first-order chi connectivity index (χ1) is 5.69. The van der Waals surface area contributed by atoms with Crippen LogP contribution in [0.3, 0.4) is 0 Å². The van der Waals surface area contributed by atoms with Gasteiger partial charge in [0.25, 0.3) is 0 Å². The van der Waals surface area contributed by atoms with Crippen LogP contribution < -0.4 is 0 Å². The summed E-state index contributed by atoms with van der Waals surface area (Å²) in [4.78, 5) is 18.4. The molecule has 1 N–H and O–H groups in total. The fraction of sp³-hybridized carbons (Fsp3) is 0.375. The lowest BCUT2D eigenvalue weighted by Crippen LogP contribution is -2.04. The fourth-order valence-corrected chi connectivity index (χ4v) is 0.877. The van der Waals surface area contributed by atoms with Crippen molar-refractivity contribution in [2.24, 2.45) is 0 Å². The third kappa shape index (κ3) is 1.48. The van der Waals surface area contributed by atoms with Crippen molar-refractivity contribution in [1.82, 2.24) is 9.97 Å². The Balaban J connectivity index is 3.28. The standard InChI is InChI=1S/C8H10N2O2/c1-5-6(2)10-8(4-12)7(3-11)9-5/h3,12H,4H2,1-2H3. The van der Waals surface area contributed by atoms with E-state index in [4.69, 9.17) is 5.11 Å². The maximum absolute atomic E-state index is 10.4. The van der Waals surface area contributed by atoms with Gasteiger partial charge in [-0.3, -0.25) is 9.78 Å². The van der Waals surface area contributed by atoms with Crippen LogP contribution in [0, 0.1) is 13.8 Å². The molecule has 1 rings (SSSR count). The summed E-state index contributed by atoms with van der Waals surface area (Å²) in [6.45, 7) is 3.31. The second-order valence-electron chi connectivity index (χ2n) is 2.50. The number of carbonyl (C=O) groups is 1. The van der Waals surface area contributed by atoms with Crippen molar-refractivity contribution in [2.45, 2.75) is 20.5 Å². The Hall–Kier alpha value is -1.29. The van der Waals surface area contributed by atoms with Crippen LogP contribution in [0.2, 0.25) is 0 Å². The summed E-state index contributed by atoms with van der Waals surface area (Å²) in [5, 5.41) is 8.80. The van der Waals surface area contributed by atoms with Gasteiger partial charge in [-0.25, -0.2) is 4.98 Å². The molecule has 1 aromatic heterocycles. The van der Waals surface area contributed by atoms with Gasteiger partial charge in [0.1, 0.15) is 5.69 Å². The Kier molecular flexibility index (Phi) is 2.50. The van der Waals surface area contributed by atoms with Crippen LogP contribution in [0.1, 0.15) is 27.6 Å². The molecule has 4 nitrogen and oxygen atoms in total. The molecule has 0 saturated heterocycles. The van der Waals surface area contributed by atoms with Crippen LogP contribution >= 0.6 is 0 Å². The fourth-order valence-electron chi connectivity index (χ4n) is 0.877. The zero-order valence-electron chi connectivity index (χ0n) is 7.03. The molecule has 0 aromatic carbocycles. The van der Waals surface area contributed by atoms with Gasteiger partial charge in [0.05, 0.1) is 23.7 Å². The molecule has 0 aliphatic carbocycles. The number of rotatable bonds is 2. The normalized spacial score (nSPS) is 9.92. The Morgan fingerprint density at radius 3 is 2.42 bits per heavy atom. The first-order valence-corrected chi connectivity index (χ1v) is 3.59. The highest BCUT2D eigenvalue weighted by Crippen LogP contribution is 2.05. The van der Waals surface area contributed by atoms with Crippen LogP contribution in [0.5, 0.6) is 0 Å². The molecule has 1 aromatic rings. The summed E-state index contributed by atoms with van der Waals surface area (Å²) in [5.41, 5.74) is 2.02. The molecule has 12 heavy (non-hydrogen) atoms. The minimum absolute atomic E-state index is 0.223. The topological polar surface area (TPSA) is 63.1 Å². The Morgan fingerprint density at radius 1 is 1.33 bits per heavy atom. The Bertz CT molecular complexity index is 310.